The van der Waals surface area contributed by atoms with Crippen LogP contribution in [0.5, 0.6) is 0 Å². The van der Waals surface area contributed by atoms with E-state index in [0.717, 1.165) is 69.8 Å². The molecule has 5 nitrogen and oxygen atoms in total. The van der Waals surface area contributed by atoms with Crippen molar-refractivity contribution in [2.24, 2.45) is 0 Å². The van der Waals surface area contributed by atoms with Crippen molar-refractivity contribution < 1.29 is 105 Å². The molecule has 3 aromatic heterocycles. The van der Waals surface area contributed by atoms with Crippen LogP contribution < -0.4 is 10.4 Å². The lowest BCUT2D eigenvalue weighted by molar-refractivity contribution is -0.144. The van der Waals surface area contributed by atoms with Crippen molar-refractivity contribution in [1.82, 2.24) is 19.1 Å². The highest BCUT2D eigenvalue weighted by Crippen LogP contribution is 2.48. The van der Waals surface area contributed by atoms with Gasteiger partial charge in [0.15, 0.2) is 5.82 Å². The number of benzene rings is 7. The Morgan fingerprint density at radius 1 is 0.347 bits per heavy atom. The van der Waals surface area contributed by atoms with Gasteiger partial charge in [0, 0.05) is 62.5 Å². The lowest BCUT2D eigenvalue weighted by Crippen LogP contribution is -2.21. The number of hydrogen-bond acceptors (Lipinski definition) is 3. The smallest absolute Gasteiger partial charge is 0.307 e. The van der Waals surface area contributed by atoms with Crippen molar-refractivity contribution in [2.45, 2.75) is 76.1 Å². The third-order valence-electron chi connectivity index (χ3n) is 16.5. The molecular formula is C69H35F24N5. The van der Waals surface area contributed by atoms with Gasteiger partial charge in [-0.1, -0.05) is 48.5 Å². The fourth-order valence-electron chi connectivity index (χ4n) is 12.1. The Labute approximate surface area is 533 Å². The molecule has 0 N–H and O–H groups in total. The zero-order chi connectivity index (χ0) is 71.3. The van der Waals surface area contributed by atoms with Crippen molar-refractivity contribution in [3.63, 3.8) is 0 Å². The van der Waals surface area contributed by atoms with Gasteiger partial charge in [-0.3, -0.25) is 0 Å². The van der Waals surface area contributed by atoms with E-state index >= 15 is 0 Å². The molecule has 0 bridgehead atoms. The molecule has 0 aliphatic heterocycles. The second kappa shape index (κ2) is 22.9. The summed E-state index contributed by atoms with van der Waals surface area (Å²) < 4.78 is 352. The molecule has 504 valence electrons. The van der Waals surface area contributed by atoms with E-state index in [-0.39, 0.29) is 101 Å². The maximum Gasteiger partial charge on any atom is 0.416 e. The van der Waals surface area contributed by atoms with E-state index in [2.05, 4.69) is 9.97 Å². The molecule has 2 aliphatic carbocycles. The second-order valence-corrected chi connectivity index (χ2v) is 23.1. The van der Waals surface area contributed by atoms with Crippen LogP contribution in [0.25, 0.3) is 99.8 Å². The molecule has 0 saturated heterocycles. The van der Waals surface area contributed by atoms with Crippen LogP contribution in [0.3, 0.4) is 0 Å². The molecule has 0 unspecified atom stereocenters. The summed E-state index contributed by atoms with van der Waals surface area (Å²) in [6, 6.07) is 20.1. The van der Waals surface area contributed by atoms with Gasteiger partial charge in [-0.15, -0.1) is 0 Å². The van der Waals surface area contributed by atoms with Gasteiger partial charge in [-0.2, -0.15) is 111 Å². The van der Waals surface area contributed by atoms with Gasteiger partial charge in [0.05, 0.1) is 78.5 Å². The number of allylic oxidation sites excluding steroid dienone is 8. The fraction of sp³-hybridized carbons (Fsp3) is 0.174. The van der Waals surface area contributed by atoms with Crippen LogP contribution in [0.1, 0.15) is 52.0 Å². The fourth-order valence-corrected chi connectivity index (χ4v) is 12.1. The first-order valence-electron chi connectivity index (χ1n) is 28.4. The standard InChI is InChI=1S/C69H35F24N5/c1-31-11-32(2)96-61(95-31)54-29-60(98-57-22-35(39-16-46(66(82,83)84)27-47(17-39)67(85,86)87)5-9-52(57)53-10-6-36(23-58(53)98)40-18-48(68(88,89)90)28-49(19-40)69(91,92)93)59(24-41(54)30-94)97-55-20-33(37-12-42(62(70,71)72)25-43(13-37)63(73,74)75)3-7-50(55)51-8-4-34(21-56(51)97)38-14-44(64(76,77)78)26-45(15-38)65(79,80)81/h3-12,14,16-29H,13,15H2,1-2H3. The minimum Gasteiger partial charge on any atom is -0.307 e. The van der Waals surface area contributed by atoms with Gasteiger partial charge >= 0.3 is 49.4 Å². The molecular weight excluding hydrogens is 1350 g/mol. The topological polar surface area (TPSA) is 59.4 Å². The van der Waals surface area contributed by atoms with Gasteiger partial charge < -0.3 is 9.13 Å². The Kier molecular flexibility index (Phi) is 15.8. The number of aryl methyl sites for hydroxylation is 2. The number of halogens is 24. The first-order valence-corrected chi connectivity index (χ1v) is 28.4. The predicted molar refractivity (Wildman–Crippen MR) is 313 cm³/mol. The summed E-state index contributed by atoms with van der Waals surface area (Å²) >= 11 is 0. The van der Waals surface area contributed by atoms with Crippen LogP contribution in [0.15, 0.2) is 174 Å². The summed E-state index contributed by atoms with van der Waals surface area (Å²) in [4.78, 5) is 9.00. The average molecular weight is 1390 g/mol. The molecule has 98 heavy (non-hydrogen) atoms. The van der Waals surface area contributed by atoms with E-state index in [9.17, 15) is 111 Å². The average Bonchev–Trinajstić information content (AvgIpc) is 1.54. The normalized spacial score (nSPS) is 16.1. The number of alkyl halides is 24. The number of hydrogen-bond donors (Lipinski definition) is 0. The Morgan fingerprint density at radius 3 is 1.01 bits per heavy atom. The summed E-state index contributed by atoms with van der Waals surface area (Å²) in [5.41, 5.74) is -19.9. The molecule has 0 amide bonds. The molecule has 2 aliphatic rings. The molecule has 7 aromatic carbocycles. The highest BCUT2D eigenvalue weighted by atomic mass is 19.4. The summed E-state index contributed by atoms with van der Waals surface area (Å²) in [6.45, 7) is 2.99. The summed E-state index contributed by atoms with van der Waals surface area (Å²) in [5, 5.41) is 10.3. The van der Waals surface area contributed by atoms with E-state index in [0.29, 0.717) is 36.4 Å². The molecule has 0 spiro atoms. The SMILES string of the molecule is Cc1cc(C)nc(-c2cc(-n3c4cc(-c5cc(C(F)(F)F)cc(C(F)(F)F)c5)ccc4c4ccc(-c5cc(C(F)(F)F)cc(C(F)(F)F)c5)cc43)c(-n3c4cc(=C5C=C(C(F)(F)F)C=C(C(F)(F)F)C5)ccc4c4ccc(=C5C=C(C(F)(F)F)C=C(C(F)(F)F)C5)cc43)cc2C#N)n1. The molecule has 0 radical (unpaired) electrons. The lowest BCUT2D eigenvalue weighted by atomic mass is 9.92. The number of aromatic nitrogens is 4. The van der Waals surface area contributed by atoms with E-state index < -0.39 is 157 Å². The van der Waals surface area contributed by atoms with Gasteiger partial charge in [0.1, 0.15) is 0 Å². The predicted octanol–water partition coefficient (Wildman–Crippen LogP) is 21.3. The van der Waals surface area contributed by atoms with E-state index in [1.807, 2.05) is 6.07 Å². The van der Waals surface area contributed by atoms with Crippen LogP contribution in [-0.4, -0.2) is 43.8 Å². The molecule has 3 heterocycles. The van der Waals surface area contributed by atoms with E-state index in [1.54, 1.807) is 0 Å². The first-order chi connectivity index (χ1) is 45.3. The van der Waals surface area contributed by atoms with E-state index in [1.165, 1.54) is 44.2 Å². The Morgan fingerprint density at radius 2 is 0.684 bits per heavy atom. The Bertz CT molecular complexity index is 5000. The highest BCUT2D eigenvalue weighted by molar-refractivity contribution is 6.13. The molecule has 0 saturated carbocycles. The van der Waals surface area contributed by atoms with Gasteiger partial charge in [-0.05, 0) is 161 Å². The van der Waals surface area contributed by atoms with Crippen molar-refractivity contribution in [2.75, 3.05) is 0 Å². The maximum atomic E-state index is 14.6. The zero-order valence-corrected chi connectivity index (χ0v) is 49.2. The number of fused-ring (bicyclic) bond motifs is 6. The molecule has 0 atom stereocenters. The number of nitriles is 1. The van der Waals surface area contributed by atoms with Crippen molar-refractivity contribution in [1.29, 1.82) is 5.26 Å². The zero-order valence-electron chi connectivity index (χ0n) is 49.2. The number of nitrogens with zero attached hydrogens (tertiary/aromatic N) is 5. The summed E-state index contributed by atoms with van der Waals surface area (Å²) in [7, 11) is 0. The minimum absolute atomic E-state index is 0.0256. The van der Waals surface area contributed by atoms with E-state index in [4.69, 9.17) is 0 Å². The Hall–Kier alpha value is -10.3. The van der Waals surface area contributed by atoms with Crippen molar-refractivity contribution >= 4 is 54.8 Å². The monoisotopic (exact) mass is 1390 g/mol. The maximum absolute atomic E-state index is 14.6. The highest BCUT2D eigenvalue weighted by Gasteiger charge is 2.44. The largest absolute Gasteiger partial charge is 0.416 e. The molecule has 10 aromatic rings. The third-order valence-corrected chi connectivity index (χ3v) is 16.5. The summed E-state index contributed by atoms with van der Waals surface area (Å²) in [5.74, 6) is -0.267. The quantitative estimate of drug-likeness (QED) is 0.161. The molecule has 29 heteroatoms. The minimum atomic E-state index is -5.43. The van der Waals surface area contributed by atoms with Gasteiger partial charge in [-0.25, -0.2) is 9.97 Å². The molecule has 0 fully saturated rings. The van der Waals surface area contributed by atoms with Crippen LogP contribution in [0, 0.1) is 25.2 Å². The Balaban J connectivity index is 1.30. The van der Waals surface area contributed by atoms with Crippen molar-refractivity contribution in [3.05, 3.63) is 224 Å². The van der Waals surface area contributed by atoms with Gasteiger partial charge in [0.25, 0.3) is 0 Å². The van der Waals surface area contributed by atoms with Crippen molar-refractivity contribution in [3.8, 4) is 51.1 Å². The molecule has 12 rings (SSSR count). The van der Waals surface area contributed by atoms with Crippen LogP contribution in [0.4, 0.5) is 105 Å². The van der Waals surface area contributed by atoms with Gasteiger partial charge in [0.2, 0.25) is 0 Å². The first kappa shape index (κ1) is 67.7. The lowest BCUT2D eigenvalue weighted by Gasteiger charge is -2.21. The third kappa shape index (κ3) is 12.7. The number of rotatable bonds is 5. The van der Waals surface area contributed by atoms with Crippen LogP contribution >= 0.6 is 0 Å². The van der Waals surface area contributed by atoms with Crippen LogP contribution in [-0.2, 0) is 24.7 Å². The summed E-state index contributed by atoms with van der Waals surface area (Å²) in [6.07, 6.45) is -45.1. The van der Waals surface area contributed by atoms with Crippen LogP contribution in [0.2, 0.25) is 0 Å². The second-order valence-electron chi connectivity index (χ2n) is 23.1.